The Kier molecular flexibility index (Phi) is 5.76. The van der Waals surface area contributed by atoms with Crippen molar-refractivity contribution in [3.05, 3.63) is 40.9 Å². The van der Waals surface area contributed by atoms with E-state index in [1.807, 2.05) is 18.2 Å². The third-order valence-corrected chi connectivity index (χ3v) is 5.70. The number of ether oxygens (including phenoxy) is 1. The van der Waals surface area contributed by atoms with Gasteiger partial charge in [0.1, 0.15) is 30.1 Å². The van der Waals surface area contributed by atoms with Crippen LogP contribution in [0.3, 0.4) is 0 Å². The quantitative estimate of drug-likeness (QED) is 0.548. The molecule has 0 aliphatic carbocycles. The van der Waals surface area contributed by atoms with Crippen LogP contribution in [0.4, 0.5) is 0 Å². The van der Waals surface area contributed by atoms with Crippen molar-refractivity contribution < 1.29 is 30.6 Å². The highest BCUT2D eigenvalue weighted by Crippen LogP contribution is 2.32. The summed E-state index contributed by atoms with van der Waals surface area (Å²) in [5, 5.41) is 2.28. The van der Waals surface area contributed by atoms with Crippen LogP contribution in [0.25, 0.3) is 21.9 Å². The van der Waals surface area contributed by atoms with Gasteiger partial charge in [0.05, 0.1) is 20.1 Å². The molecule has 1 aliphatic rings. The van der Waals surface area contributed by atoms with Crippen LogP contribution in [0.1, 0.15) is 19.3 Å². The van der Waals surface area contributed by atoms with Gasteiger partial charge in [0, 0.05) is 21.3 Å². The van der Waals surface area contributed by atoms with Crippen LogP contribution in [-0.4, -0.2) is 37.8 Å². The van der Waals surface area contributed by atoms with Gasteiger partial charge in [-0.1, -0.05) is 15.9 Å². The van der Waals surface area contributed by atoms with E-state index in [1.165, 1.54) is 32.4 Å². The number of likely N-dealkylation sites (tertiary alicyclic amines) is 1. The smallest absolute Gasteiger partial charge is 0.139 e. The van der Waals surface area contributed by atoms with E-state index in [0.717, 1.165) is 49.8 Å². The van der Waals surface area contributed by atoms with Gasteiger partial charge < -0.3 is 30.6 Å². The number of fused-ring (bicyclic) bond motifs is 3. The van der Waals surface area contributed by atoms with E-state index in [9.17, 15) is 0 Å². The summed E-state index contributed by atoms with van der Waals surface area (Å²) in [7, 11) is 2.35. The lowest BCUT2D eigenvalue weighted by Crippen LogP contribution is -3.00. The van der Waals surface area contributed by atoms with E-state index in [-0.39, 0.29) is 17.0 Å². The number of nitrogens with zero attached hydrogens (tertiary/aromatic N) is 1. The van der Waals surface area contributed by atoms with Crippen LogP contribution in [0.15, 0.2) is 45.3 Å². The molecule has 2 aromatic carbocycles. The number of likely N-dealkylation sites (N-methyl/N-ethyl adjacent to an activating group) is 1. The fourth-order valence-corrected chi connectivity index (χ4v) is 4.04. The molecule has 134 valence electrons. The molecule has 1 fully saturated rings. The van der Waals surface area contributed by atoms with E-state index in [4.69, 9.17) is 9.15 Å². The molecule has 0 saturated carbocycles. The van der Waals surface area contributed by atoms with Gasteiger partial charge in [-0.3, -0.25) is 0 Å². The Morgan fingerprint density at radius 1 is 1.00 bits per heavy atom. The average Bonchev–Trinajstić information content (AvgIpc) is 2.91. The number of hydrogen-bond acceptors (Lipinski definition) is 2. The van der Waals surface area contributed by atoms with Crippen molar-refractivity contribution in [2.45, 2.75) is 19.3 Å². The van der Waals surface area contributed by atoms with Gasteiger partial charge in [0.2, 0.25) is 0 Å². The normalized spacial score (nSPS) is 16.7. The monoisotopic (exact) mass is 467 g/mol. The Bertz CT molecular complexity index is 869. The van der Waals surface area contributed by atoms with E-state index >= 15 is 0 Å². The lowest BCUT2D eigenvalue weighted by molar-refractivity contribution is -0.914. The minimum Gasteiger partial charge on any atom is -1.00 e. The molecule has 3 nitrogen and oxygen atoms in total. The molecule has 0 unspecified atom stereocenters. The topological polar surface area (TPSA) is 22.4 Å². The SMILES string of the molecule is C[N+]1(CCOc2ccc3c(c2)oc2cc(Br)ccc23)CCCCC1.[Br-]. The van der Waals surface area contributed by atoms with Gasteiger partial charge in [-0.25, -0.2) is 0 Å². The van der Waals surface area contributed by atoms with Crippen molar-refractivity contribution in [1.29, 1.82) is 0 Å². The molecule has 0 N–H and O–H groups in total. The highest BCUT2D eigenvalue weighted by atomic mass is 79.9. The second-order valence-electron chi connectivity index (χ2n) is 7.10. The van der Waals surface area contributed by atoms with E-state index < -0.39 is 0 Å². The number of halogens is 2. The number of hydrogen-bond donors (Lipinski definition) is 0. The Morgan fingerprint density at radius 2 is 1.68 bits per heavy atom. The van der Waals surface area contributed by atoms with Crippen LogP contribution in [0.2, 0.25) is 0 Å². The van der Waals surface area contributed by atoms with Crippen molar-refractivity contribution in [1.82, 2.24) is 0 Å². The molecule has 2 heterocycles. The van der Waals surface area contributed by atoms with Crippen LogP contribution < -0.4 is 21.7 Å². The molecule has 0 atom stereocenters. The van der Waals surface area contributed by atoms with Gasteiger partial charge in [-0.2, -0.15) is 0 Å². The Hall–Kier alpha value is -1.04. The zero-order valence-electron chi connectivity index (χ0n) is 14.4. The second-order valence-corrected chi connectivity index (χ2v) is 8.02. The average molecular weight is 469 g/mol. The summed E-state index contributed by atoms with van der Waals surface area (Å²) >= 11 is 3.49. The van der Waals surface area contributed by atoms with E-state index in [0.29, 0.717) is 0 Å². The molecule has 1 aromatic heterocycles. The maximum Gasteiger partial charge on any atom is 0.139 e. The maximum atomic E-state index is 6.02. The van der Waals surface area contributed by atoms with Crippen molar-refractivity contribution >= 4 is 37.9 Å². The molecular formula is C20H23Br2NO2. The first-order chi connectivity index (χ1) is 11.6. The lowest BCUT2D eigenvalue weighted by atomic mass is 10.1. The fraction of sp³-hybridized carbons (Fsp3) is 0.400. The predicted octanol–water partition coefficient (Wildman–Crippen LogP) is 2.36. The molecule has 3 aromatic rings. The largest absolute Gasteiger partial charge is 1.00 e. The molecule has 4 rings (SSSR count). The molecule has 0 amide bonds. The first-order valence-corrected chi connectivity index (χ1v) is 9.50. The molecule has 1 saturated heterocycles. The van der Waals surface area contributed by atoms with Crippen molar-refractivity contribution in [2.75, 3.05) is 33.3 Å². The fourth-order valence-electron chi connectivity index (χ4n) is 3.70. The molecule has 5 heteroatoms. The molecule has 1 aliphatic heterocycles. The third-order valence-electron chi connectivity index (χ3n) is 5.20. The predicted molar refractivity (Wildman–Crippen MR) is 102 cm³/mol. The van der Waals surface area contributed by atoms with Crippen molar-refractivity contribution in [3.8, 4) is 5.75 Å². The summed E-state index contributed by atoms with van der Waals surface area (Å²) in [5.74, 6) is 0.893. The maximum absolute atomic E-state index is 6.02. The van der Waals surface area contributed by atoms with Gasteiger partial charge in [0.15, 0.2) is 0 Å². The minimum atomic E-state index is 0. The summed E-state index contributed by atoms with van der Waals surface area (Å²) < 4.78 is 14.2. The van der Waals surface area contributed by atoms with Crippen LogP contribution in [0, 0.1) is 0 Å². The molecule has 0 radical (unpaired) electrons. The number of piperidine rings is 1. The summed E-state index contributed by atoms with van der Waals surface area (Å²) in [4.78, 5) is 0. The first kappa shape index (κ1) is 18.7. The van der Waals surface area contributed by atoms with Crippen molar-refractivity contribution in [3.63, 3.8) is 0 Å². The van der Waals surface area contributed by atoms with E-state index in [2.05, 4.69) is 41.2 Å². The van der Waals surface area contributed by atoms with Gasteiger partial charge in [0.25, 0.3) is 0 Å². The lowest BCUT2D eigenvalue weighted by Gasteiger charge is -2.37. The zero-order chi connectivity index (χ0) is 16.6. The van der Waals surface area contributed by atoms with E-state index in [1.54, 1.807) is 0 Å². The van der Waals surface area contributed by atoms with Gasteiger partial charge >= 0.3 is 0 Å². The van der Waals surface area contributed by atoms with Crippen molar-refractivity contribution in [2.24, 2.45) is 0 Å². The molecular weight excluding hydrogens is 446 g/mol. The number of benzene rings is 2. The Labute approximate surface area is 167 Å². The second kappa shape index (κ2) is 7.68. The van der Waals surface area contributed by atoms with Crippen LogP contribution in [-0.2, 0) is 0 Å². The standard InChI is InChI=1S/C20H23BrNO2.BrH/c1-22(9-3-2-4-10-22)11-12-23-16-6-8-18-17-7-5-15(21)13-19(17)24-20(18)14-16;/h5-8,13-14H,2-4,9-12H2,1H3;1H/q+1;/p-1. The van der Waals surface area contributed by atoms with Crippen LogP contribution in [0.5, 0.6) is 5.75 Å². The Balaban J connectivity index is 0.00000182. The van der Waals surface area contributed by atoms with Crippen LogP contribution >= 0.6 is 15.9 Å². The third kappa shape index (κ3) is 4.04. The zero-order valence-corrected chi connectivity index (χ0v) is 17.6. The summed E-state index contributed by atoms with van der Waals surface area (Å²) in [6.45, 7) is 4.39. The number of rotatable bonds is 4. The minimum absolute atomic E-state index is 0. The highest BCUT2D eigenvalue weighted by molar-refractivity contribution is 9.10. The summed E-state index contributed by atoms with van der Waals surface area (Å²) in [6.07, 6.45) is 4.07. The first-order valence-electron chi connectivity index (χ1n) is 8.71. The highest BCUT2D eigenvalue weighted by Gasteiger charge is 2.24. The molecule has 25 heavy (non-hydrogen) atoms. The van der Waals surface area contributed by atoms with Gasteiger partial charge in [-0.15, -0.1) is 0 Å². The summed E-state index contributed by atoms with van der Waals surface area (Å²) in [6, 6.07) is 12.3. The Morgan fingerprint density at radius 3 is 2.44 bits per heavy atom. The molecule has 0 spiro atoms. The molecule has 0 bridgehead atoms. The number of quaternary nitrogens is 1. The van der Waals surface area contributed by atoms with Gasteiger partial charge in [-0.05, 0) is 49.6 Å². The number of furan rings is 1. The summed E-state index contributed by atoms with van der Waals surface area (Å²) in [5.41, 5.74) is 1.79.